The monoisotopic (exact) mass is 695 g/mol. The Morgan fingerprint density at radius 3 is 2.41 bits per heavy atom. The summed E-state index contributed by atoms with van der Waals surface area (Å²) < 4.78 is 4.38. The van der Waals surface area contributed by atoms with Gasteiger partial charge in [0.1, 0.15) is 0 Å². The van der Waals surface area contributed by atoms with Crippen molar-refractivity contribution in [3.63, 3.8) is 0 Å². The predicted octanol–water partition coefficient (Wildman–Crippen LogP) is 4.39. The number of pyridine rings is 1. The van der Waals surface area contributed by atoms with Crippen molar-refractivity contribution in [2.75, 3.05) is 36.8 Å². The second kappa shape index (κ2) is 13.1. The number of nitrogens with one attached hydrogen (secondary N) is 1. The van der Waals surface area contributed by atoms with Gasteiger partial charge in [-0.05, 0) is 36.2 Å². The van der Waals surface area contributed by atoms with Crippen LogP contribution in [0.25, 0.3) is 33.2 Å². The molecule has 0 spiro atoms. The summed E-state index contributed by atoms with van der Waals surface area (Å²) in [6.07, 6.45) is 0. The lowest BCUT2D eigenvalue weighted by atomic mass is 10.0. The molecule has 0 radical (unpaired) electrons. The normalized spacial score (nSPS) is 13.5. The smallest absolute Gasteiger partial charge is 0.332 e. The van der Waals surface area contributed by atoms with Gasteiger partial charge in [-0.25, -0.2) is 4.79 Å². The maximum Gasteiger partial charge on any atom is 0.332 e. The molecule has 1 fully saturated rings. The van der Waals surface area contributed by atoms with Crippen LogP contribution in [0, 0.1) is 6.92 Å². The quantitative estimate of drug-likeness (QED) is 0.246. The lowest BCUT2D eigenvalue weighted by molar-refractivity contribution is -0.128. The summed E-state index contributed by atoms with van der Waals surface area (Å²) in [4.78, 5) is 65.2. The minimum absolute atomic E-state index is 0.0824. The molecule has 49 heavy (non-hydrogen) atoms. The van der Waals surface area contributed by atoms with Crippen molar-refractivity contribution in [1.29, 1.82) is 0 Å². The molecule has 0 unspecified atom stereocenters. The van der Waals surface area contributed by atoms with Gasteiger partial charge in [0.15, 0.2) is 11.2 Å². The summed E-state index contributed by atoms with van der Waals surface area (Å²) in [6.45, 7) is 4.23. The van der Waals surface area contributed by atoms with E-state index in [1.54, 1.807) is 24.1 Å². The lowest BCUT2D eigenvalue weighted by Gasteiger charge is -2.35. The van der Waals surface area contributed by atoms with Crippen molar-refractivity contribution in [2.24, 2.45) is 14.1 Å². The molecule has 0 saturated carbocycles. The zero-order chi connectivity index (χ0) is 34.4. The van der Waals surface area contributed by atoms with Crippen LogP contribution in [-0.4, -0.2) is 66.4 Å². The third-order valence-corrected chi connectivity index (χ3v) is 10.3. The fourth-order valence-electron chi connectivity index (χ4n) is 6.48. The number of hydrogen-bond acceptors (Lipinski definition) is 7. The molecule has 6 aromatic rings. The highest BCUT2D eigenvalue weighted by Gasteiger charge is 2.28. The Morgan fingerprint density at radius 1 is 0.918 bits per heavy atom. The van der Waals surface area contributed by atoms with E-state index in [-0.39, 0.29) is 17.2 Å². The first kappa shape index (κ1) is 32.5. The molecule has 11 nitrogen and oxygen atoms in total. The number of carbonyl (C=O) groups excluding carboxylic acids is 1. The topological polar surface area (TPSA) is 118 Å². The van der Waals surface area contributed by atoms with Crippen molar-refractivity contribution in [3.8, 4) is 11.1 Å². The molecule has 1 saturated heterocycles. The molecule has 250 valence electrons. The number of aromatic nitrogens is 5. The number of anilines is 1. The number of hydrogen-bond donors (Lipinski definition) is 1. The Labute approximate surface area is 290 Å². The number of rotatable bonds is 7. The molecule has 0 atom stereocenters. The predicted molar refractivity (Wildman–Crippen MR) is 195 cm³/mol. The minimum Gasteiger partial charge on any atom is -0.339 e. The summed E-state index contributed by atoms with van der Waals surface area (Å²) >= 11 is 7.59. The van der Waals surface area contributed by atoms with Gasteiger partial charge >= 0.3 is 5.69 Å². The van der Waals surface area contributed by atoms with Crippen LogP contribution in [0.15, 0.2) is 92.1 Å². The van der Waals surface area contributed by atoms with Crippen molar-refractivity contribution in [2.45, 2.75) is 18.4 Å². The number of imidazole rings is 1. The molecule has 7 rings (SSSR count). The highest BCUT2D eigenvalue weighted by molar-refractivity contribution is 8.00. The summed E-state index contributed by atoms with van der Waals surface area (Å²) in [5.41, 5.74) is 3.95. The molecule has 1 aliphatic heterocycles. The van der Waals surface area contributed by atoms with E-state index in [0.29, 0.717) is 65.3 Å². The summed E-state index contributed by atoms with van der Waals surface area (Å²) in [5.74, 6) is 0.572. The van der Waals surface area contributed by atoms with Gasteiger partial charge in [-0.1, -0.05) is 71.8 Å². The highest BCUT2D eigenvalue weighted by Crippen LogP contribution is 2.36. The average molecular weight is 696 g/mol. The van der Waals surface area contributed by atoms with E-state index in [0.717, 1.165) is 32.2 Å². The molecule has 1 aliphatic rings. The second-order valence-corrected chi connectivity index (χ2v) is 13.7. The Hall–Kier alpha value is -5.07. The van der Waals surface area contributed by atoms with E-state index >= 15 is 0 Å². The third-order valence-electron chi connectivity index (χ3n) is 9.00. The molecule has 0 aliphatic carbocycles. The number of thioether (sulfide) groups is 1. The molecule has 3 aromatic carbocycles. The molecule has 1 N–H and O–H groups in total. The van der Waals surface area contributed by atoms with Gasteiger partial charge in [0, 0.05) is 61.8 Å². The fourth-order valence-corrected chi connectivity index (χ4v) is 7.65. The third kappa shape index (κ3) is 6.06. The van der Waals surface area contributed by atoms with Crippen LogP contribution in [0.3, 0.4) is 0 Å². The number of H-pyrrole nitrogens is 1. The maximum atomic E-state index is 13.6. The van der Waals surface area contributed by atoms with E-state index in [1.165, 1.54) is 23.4 Å². The summed E-state index contributed by atoms with van der Waals surface area (Å²) in [6, 6.07) is 23.1. The van der Waals surface area contributed by atoms with Crippen LogP contribution in [0.1, 0.15) is 11.1 Å². The maximum absolute atomic E-state index is 13.6. The lowest BCUT2D eigenvalue weighted by Crippen LogP contribution is -2.50. The Kier molecular flexibility index (Phi) is 8.68. The zero-order valence-electron chi connectivity index (χ0n) is 27.3. The Morgan fingerprint density at radius 2 is 1.67 bits per heavy atom. The molecular weight excluding hydrogens is 662 g/mol. The number of fused-ring (bicyclic) bond motifs is 2. The van der Waals surface area contributed by atoms with Crippen molar-refractivity contribution in [1.82, 2.24) is 28.6 Å². The van der Waals surface area contributed by atoms with Gasteiger partial charge in [0.2, 0.25) is 11.9 Å². The van der Waals surface area contributed by atoms with Crippen molar-refractivity contribution in [3.05, 3.63) is 120 Å². The Bertz CT molecular complexity index is 2430. The number of amides is 1. The largest absolute Gasteiger partial charge is 0.339 e. The van der Waals surface area contributed by atoms with Crippen LogP contribution in [0.4, 0.5) is 5.95 Å². The van der Waals surface area contributed by atoms with Crippen molar-refractivity contribution < 1.29 is 4.79 Å². The zero-order valence-corrected chi connectivity index (χ0v) is 28.8. The van der Waals surface area contributed by atoms with Crippen LogP contribution in [0.2, 0.25) is 5.02 Å². The first-order valence-corrected chi connectivity index (χ1v) is 17.3. The standard InChI is InChI=1S/C36H34ClN7O4S/c1-22-8-7-9-23(18-22)20-44-30-32(40(2)36(48)41(3)34(30)47)39-35(44)43-16-14-42(15-17-43)28(45)21-49-31-29(24-10-5-4-6-11-24)26-19-25(37)12-13-27(26)38-33(31)46/h4-13,18-19H,14-17,20-21H2,1-3H3,(H,38,46). The summed E-state index contributed by atoms with van der Waals surface area (Å²) in [5, 5.41) is 1.36. The number of halogens is 1. The Balaban J connectivity index is 1.14. The summed E-state index contributed by atoms with van der Waals surface area (Å²) in [7, 11) is 3.09. The minimum atomic E-state index is -0.444. The van der Waals surface area contributed by atoms with E-state index in [4.69, 9.17) is 16.6 Å². The van der Waals surface area contributed by atoms with Gasteiger partial charge in [-0.2, -0.15) is 4.98 Å². The highest BCUT2D eigenvalue weighted by atomic mass is 35.5. The molecule has 1 amide bonds. The van der Waals surface area contributed by atoms with E-state index < -0.39 is 11.2 Å². The number of piperazine rings is 1. The van der Waals surface area contributed by atoms with Crippen molar-refractivity contribution >= 4 is 57.3 Å². The van der Waals surface area contributed by atoms with Gasteiger partial charge in [0.05, 0.1) is 17.2 Å². The van der Waals surface area contributed by atoms with Crippen LogP contribution < -0.4 is 21.7 Å². The first-order valence-electron chi connectivity index (χ1n) is 15.9. The molecule has 13 heteroatoms. The fraction of sp³-hybridized carbons (Fsp3) is 0.250. The van der Waals surface area contributed by atoms with E-state index in [9.17, 15) is 19.2 Å². The van der Waals surface area contributed by atoms with Gasteiger partial charge in [-0.3, -0.25) is 28.1 Å². The number of nitrogens with zero attached hydrogens (tertiary/aromatic N) is 6. The van der Waals surface area contributed by atoms with Crippen LogP contribution in [-0.2, 0) is 25.4 Å². The number of aryl methyl sites for hydroxylation is 2. The molecular formula is C36H34ClN7O4S. The van der Waals surface area contributed by atoms with Gasteiger partial charge < -0.3 is 14.8 Å². The number of carbonyl (C=O) groups is 1. The van der Waals surface area contributed by atoms with Crippen LogP contribution >= 0.6 is 23.4 Å². The molecule has 0 bridgehead atoms. The second-order valence-electron chi connectivity index (χ2n) is 12.2. The number of benzene rings is 3. The SMILES string of the molecule is Cc1cccc(Cn2c(N3CCN(C(=O)CSc4c(-c5ccccc5)c5cc(Cl)ccc5[nH]c4=O)CC3)nc3c2c(=O)n(C)c(=O)n3C)c1. The van der Waals surface area contributed by atoms with E-state index in [1.807, 2.05) is 66.1 Å². The van der Waals surface area contributed by atoms with Crippen LogP contribution in [0.5, 0.6) is 0 Å². The van der Waals surface area contributed by atoms with Gasteiger partial charge in [-0.15, -0.1) is 11.8 Å². The number of aromatic amines is 1. The van der Waals surface area contributed by atoms with Gasteiger partial charge in [0.25, 0.3) is 11.1 Å². The average Bonchev–Trinajstić information content (AvgIpc) is 3.48. The van der Waals surface area contributed by atoms with E-state index in [2.05, 4.69) is 16.0 Å². The molecule has 3 aromatic heterocycles. The molecule has 4 heterocycles. The first-order chi connectivity index (χ1) is 23.6.